The molecule has 0 aromatic heterocycles. The Balaban J connectivity index is 2.60. The van der Waals surface area contributed by atoms with Crippen LogP contribution in [-0.4, -0.2) is 44.4 Å². The van der Waals surface area contributed by atoms with E-state index in [1.807, 2.05) is 12.1 Å². The summed E-state index contributed by atoms with van der Waals surface area (Å²) in [5.74, 6) is 1.41. The first-order valence-corrected chi connectivity index (χ1v) is 7.20. The molecule has 1 N–H and O–H groups in total. The van der Waals surface area contributed by atoms with Crippen molar-refractivity contribution in [3.8, 4) is 11.5 Å². The summed E-state index contributed by atoms with van der Waals surface area (Å²) < 4.78 is 10.5. The number of rotatable bonds is 9. The Labute approximate surface area is 122 Å². The van der Waals surface area contributed by atoms with E-state index in [4.69, 9.17) is 9.47 Å². The van der Waals surface area contributed by atoms with Crippen LogP contribution < -0.4 is 9.47 Å². The van der Waals surface area contributed by atoms with E-state index in [0.29, 0.717) is 12.2 Å². The zero-order chi connectivity index (χ0) is 15.0. The minimum absolute atomic E-state index is 0.514. The lowest BCUT2D eigenvalue weighted by atomic mass is 10.0. The zero-order valence-electron chi connectivity index (χ0n) is 13.1. The average molecular weight is 281 g/mol. The number of aliphatic hydroxyl groups excluding tert-OH is 1. The van der Waals surface area contributed by atoms with Gasteiger partial charge >= 0.3 is 0 Å². The second kappa shape index (κ2) is 8.82. The van der Waals surface area contributed by atoms with Crippen LogP contribution in [0.15, 0.2) is 18.2 Å². The topological polar surface area (TPSA) is 41.9 Å². The number of methoxy groups -OCH3 is 2. The third kappa shape index (κ3) is 5.02. The second-order valence-corrected chi connectivity index (χ2v) is 5.07. The lowest BCUT2D eigenvalue weighted by molar-refractivity contribution is 0.145. The first kappa shape index (κ1) is 16.8. The maximum absolute atomic E-state index is 10.3. The number of benzene rings is 1. The molecule has 0 spiro atoms. The lowest BCUT2D eigenvalue weighted by Crippen LogP contribution is -2.22. The van der Waals surface area contributed by atoms with Crippen LogP contribution in [0.1, 0.15) is 37.9 Å². The van der Waals surface area contributed by atoms with E-state index < -0.39 is 6.10 Å². The summed E-state index contributed by atoms with van der Waals surface area (Å²) >= 11 is 0. The van der Waals surface area contributed by atoms with Gasteiger partial charge in [0, 0.05) is 18.2 Å². The van der Waals surface area contributed by atoms with Gasteiger partial charge in [0.1, 0.15) is 11.5 Å². The minimum atomic E-state index is -0.514. The van der Waals surface area contributed by atoms with Gasteiger partial charge in [-0.1, -0.05) is 13.3 Å². The molecule has 0 aliphatic heterocycles. The fourth-order valence-electron chi connectivity index (χ4n) is 2.13. The largest absolute Gasteiger partial charge is 0.497 e. The molecule has 0 fully saturated rings. The van der Waals surface area contributed by atoms with Crippen molar-refractivity contribution in [2.45, 2.75) is 32.3 Å². The number of hydrogen-bond acceptors (Lipinski definition) is 4. The number of aliphatic hydroxyl groups is 1. The molecule has 0 amide bonds. The molecule has 0 heterocycles. The Morgan fingerprint density at radius 3 is 2.55 bits per heavy atom. The van der Waals surface area contributed by atoms with E-state index in [0.717, 1.165) is 24.4 Å². The summed E-state index contributed by atoms with van der Waals surface area (Å²) in [7, 11) is 5.32. The molecule has 4 nitrogen and oxygen atoms in total. The van der Waals surface area contributed by atoms with Crippen molar-refractivity contribution in [3.63, 3.8) is 0 Å². The molecular formula is C16H27NO3. The molecule has 1 rings (SSSR count). The van der Waals surface area contributed by atoms with Crippen molar-refractivity contribution in [2.75, 3.05) is 34.4 Å². The van der Waals surface area contributed by atoms with Gasteiger partial charge in [0.15, 0.2) is 0 Å². The molecule has 0 saturated carbocycles. The molecule has 1 aromatic carbocycles. The Morgan fingerprint density at radius 1 is 1.20 bits per heavy atom. The molecule has 0 radical (unpaired) electrons. The number of unbranched alkanes of at least 4 members (excludes halogenated alkanes) is 1. The summed E-state index contributed by atoms with van der Waals surface area (Å²) in [5, 5.41) is 10.3. The van der Waals surface area contributed by atoms with Crippen molar-refractivity contribution in [1.29, 1.82) is 0 Å². The monoisotopic (exact) mass is 281 g/mol. The summed E-state index contributed by atoms with van der Waals surface area (Å²) in [6.45, 7) is 4.13. The molecule has 0 aliphatic rings. The standard InChI is InChI=1S/C16H27NO3/c1-5-6-10-17(2)11-9-15(18)14-8-7-13(19-3)12-16(14)20-4/h7-8,12,15,18H,5-6,9-11H2,1-4H3. The predicted octanol–water partition coefficient (Wildman–Crippen LogP) is 2.86. The quantitative estimate of drug-likeness (QED) is 0.756. The Kier molecular flexibility index (Phi) is 7.41. The van der Waals surface area contributed by atoms with Gasteiger partial charge < -0.3 is 19.5 Å². The molecule has 1 unspecified atom stereocenters. The van der Waals surface area contributed by atoms with Gasteiger partial charge in [-0.25, -0.2) is 0 Å². The second-order valence-electron chi connectivity index (χ2n) is 5.07. The van der Waals surface area contributed by atoms with Crippen LogP contribution in [0, 0.1) is 0 Å². The van der Waals surface area contributed by atoms with E-state index >= 15 is 0 Å². The average Bonchev–Trinajstić information content (AvgIpc) is 2.49. The Bertz CT molecular complexity index is 395. The summed E-state index contributed by atoms with van der Waals surface area (Å²) in [6.07, 6.45) is 2.57. The number of ether oxygens (including phenoxy) is 2. The molecule has 0 saturated heterocycles. The molecule has 0 bridgehead atoms. The van der Waals surface area contributed by atoms with Crippen LogP contribution >= 0.6 is 0 Å². The van der Waals surface area contributed by atoms with E-state index in [-0.39, 0.29) is 0 Å². The molecule has 114 valence electrons. The third-order valence-corrected chi connectivity index (χ3v) is 3.48. The van der Waals surface area contributed by atoms with Gasteiger partial charge in [0.25, 0.3) is 0 Å². The molecule has 1 atom stereocenters. The van der Waals surface area contributed by atoms with E-state index in [1.54, 1.807) is 20.3 Å². The fraction of sp³-hybridized carbons (Fsp3) is 0.625. The maximum atomic E-state index is 10.3. The Morgan fingerprint density at radius 2 is 1.95 bits per heavy atom. The highest BCUT2D eigenvalue weighted by molar-refractivity contribution is 5.41. The van der Waals surface area contributed by atoms with Crippen LogP contribution in [0.2, 0.25) is 0 Å². The smallest absolute Gasteiger partial charge is 0.128 e. The summed E-state index contributed by atoms with van der Waals surface area (Å²) in [5.41, 5.74) is 0.817. The van der Waals surface area contributed by atoms with Crippen LogP contribution in [0.3, 0.4) is 0 Å². The van der Waals surface area contributed by atoms with Crippen LogP contribution in [0.25, 0.3) is 0 Å². The maximum Gasteiger partial charge on any atom is 0.128 e. The molecule has 20 heavy (non-hydrogen) atoms. The van der Waals surface area contributed by atoms with Gasteiger partial charge in [0.2, 0.25) is 0 Å². The van der Waals surface area contributed by atoms with Crippen LogP contribution in [-0.2, 0) is 0 Å². The number of nitrogens with zero attached hydrogens (tertiary/aromatic N) is 1. The van der Waals surface area contributed by atoms with Crippen molar-refractivity contribution in [2.24, 2.45) is 0 Å². The highest BCUT2D eigenvalue weighted by atomic mass is 16.5. The van der Waals surface area contributed by atoms with Gasteiger partial charge in [-0.3, -0.25) is 0 Å². The minimum Gasteiger partial charge on any atom is -0.497 e. The molecule has 1 aromatic rings. The third-order valence-electron chi connectivity index (χ3n) is 3.48. The van der Waals surface area contributed by atoms with Crippen LogP contribution in [0.5, 0.6) is 11.5 Å². The Hall–Kier alpha value is -1.26. The first-order chi connectivity index (χ1) is 9.62. The molecular weight excluding hydrogens is 254 g/mol. The summed E-state index contributed by atoms with van der Waals surface area (Å²) in [4.78, 5) is 2.25. The SMILES string of the molecule is CCCCN(C)CCC(O)c1ccc(OC)cc1OC. The van der Waals surface area contributed by atoms with E-state index in [9.17, 15) is 5.11 Å². The van der Waals surface area contributed by atoms with Crippen molar-refractivity contribution >= 4 is 0 Å². The van der Waals surface area contributed by atoms with E-state index in [2.05, 4.69) is 18.9 Å². The van der Waals surface area contributed by atoms with Gasteiger partial charge in [-0.2, -0.15) is 0 Å². The van der Waals surface area contributed by atoms with E-state index in [1.165, 1.54) is 12.8 Å². The van der Waals surface area contributed by atoms with Crippen molar-refractivity contribution in [3.05, 3.63) is 23.8 Å². The fourth-order valence-corrected chi connectivity index (χ4v) is 2.13. The highest BCUT2D eigenvalue weighted by Crippen LogP contribution is 2.30. The highest BCUT2D eigenvalue weighted by Gasteiger charge is 2.14. The molecule has 0 aliphatic carbocycles. The van der Waals surface area contributed by atoms with Gasteiger partial charge in [-0.15, -0.1) is 0 Å². The van der Waals surface area contributed by atoms with Gasteiger partial charge in [0.05, 0.1) is 20.3 Å². The number of hydrogen-bond donors (Lipinski definition) is 1. The van der Waals surface area contributed by atoms with Gasteiger partial charge in [-0.05, 0) is 38.6 Å². The first-order valence-electron chi connectivity index (χ1n) is 7.20. The van der Waals surface area contributed by atoms with Crippen molar-refractivity contribution < 1.29 is 14.6 Å². The zero-order valence-corrected chi connectivity index (χ0v) is 13.1. The lowest BCUT2D eigenvalue weighted by Gasteiger charge is -2.20. The predicted molar refractivity (Wildman–Crippen MR) is 81.5 cm³/mol. The summed E-state index contributed by atoms with van der Waals surface area (Å²) in [6, 6.07) is 5.52. The van der Waals surface area contributed by atoms with Crippen LogP contribution in [0.4, 0.5) is 0 Å². The molecule has 4 heteroatoms. The van der Waals surface area contributed by atoms with Crippen molar-refractivity contribution in [1.82, 2.24) is 4.90 Å². The normalized spacial score (nSPS) is 12.5.